The summed E-state index contributed by atoms with van der Waals surface area (Å²) in [5, 5.41) is 10.5. The van der Waals surface area contributed by atoms with Gasteiger partial charge in [-0.2, -0.15) is 0 Å². The van der Waals surface area contributed by atoms with Crippen LogP contribution in [0.15, 0.2) is 54.9 Å². The highest BCUT2D eigenvalue weighted by Crippen LogP contribution is 2.35. The summed E-state index contributed by atoms with van der Waals surface area (Å²) in [6.45, 7) is 1.82. The number of benzene rings is 2. The number of rotatable bonds is 5. The number of fused-ring (bicyclic) bond motifs is 1. The van der Waals surface area contributed by atoms with Gasteiger partial charge in [-0.3, -0.25) is 0 Å². The van der Waals surface area contributed by atoms with Crippen molar-refractivity contribution in [3.63, 3.8) is 0 Å². The van der Waals surface area contributed by atoms with Crippen molar-refractivity contribution in [2.24, 2.45) is 5.73 Å². The van der Waals surface area contributed by atoms with Gasteiger partial charge in [0, 0.05) is 43.9 Å². The fourth-order valence-corrected chi connectivity index (χ4v) is 3.96. The third-order valence-corrected chi connectivity index (χ3v) is 5.47. The number of hydrogen-bond acceptors (Lipinski definition) is 4. The topological polar surface area (TPSA) is 65.3 Å². The lowest BCUT2D eigenvalue weighted by Crippen LogP contribution is -2.24. The van der Waals surface area contributed by atoms with E-state index in [-0.39, 0.29) is 6.04 Å². The minimum atomic E-state index is 0.114. The minimum Gasteiger partial charge on any atom is -0.508 e. The number of phenolic OH excluding ortho intramolecular Hbond substituents is 1. The first kappa shape index (κ1) is 17.8. The molecule has 0 fully saturated rings. The molecule has 27 heavy (non-hydrogen) atoms. The molecule has 3 aromatic rings. The quantitative estimate of drug-likeness (QED) is 0.665. The number of phenols is 1. The van der Waals surface area contributed by atoms with Gasteiger partial charge in [-0.15, -0.1) is 0 Å². The number of aromatic hydroxyl groups is 1. The zero-order valence-electron chi connectivity index (χ0n) is 15.0. The highest BCUT2D eigenvalue weighted by atomic mass is 32.1. The van der Waals surface area contributed by atoms with E-state index in [1.165, 1.54) is 0 Å². The van der Waals surface area contributed by atoms with Gasteiger partial charge >= 0.3 is 0 Å². The smallest absolute Gasteiger partial charge is 0.180 e. The van der Waals surface area contributed by atoms with Gasteiger partial charge < -0.3 is 24.7 Å². The van der Waals surface area contributed by atoms with Crippen molar-refractivity contribution in [1.82, 2.24) is 9.13 Å². The Morgan fingerprint density at radius 3 is 2.78 bits per heavy atom. The summed E-state index contributed by atoms with van der Waals surface area (Å²) in [4.78, 5) is 0. The van der Waals surface area contributed by atoms with E-state index in [0.717, 1.165) is 33.6 Å². The number of aromatic nitrogens is 2. The zero-order valence-corrected chi connectivity index (χ0v) is 15.9. The zero-order chi connectivity index (χ0) is 18.8. The van der Waals surface area contributed by atoms with Crippen LogP contribution in [-0.4, -0.2) is 27.4 Å². The molecule has 0 bridgehead atoms. The van der Waals surface area contributed by atoms with Gasteiger partial charge in [-0.25, -0.2) is 0 Å². The van der Waals surface area contributed by atoms with Crippen LogP contribution in [0.5, 0.6) is 11.5 Å². The summed E-state index contributed by atoms with van der Waals surface area (Å²) >= 11 is 5.56. The van der Waals surface area contributed by atoms with Crippen LogP contribution in [0, 0.1) is 4.77 Å². The van der Waals surface area contributed by atoms with Crippen molar-refractivity contribution >= 4 is 12.2 Å². The van der Waals surface area contributed by atoms with E-state index < -0.39 is 0 Å². The van der Waals surface area contributed by atoms with E-state index >= 15 is 0 Å². The Balaban J connectivity index is 1.57. The second kappa shape index (κ2) is 7.58. The number of hydrogen-bond donors (Lipinski definition) is 2. The predicted octanol–water partition coefficient (Wildman–Crippen LogP) is 3.45. The van der Waals surface area contributed by atoms with Gasteiger partial charge in [0.15, 0.2) is 4.77 Å². The summed E-state index contributed by atoms with van der Waals surface area (Å²) in [6, 6.07) is 14.0. The molecule has 1 atom stereocenters. The van der Waals surface area contributed by atoms with Crippen molar-refractivity contribution in [2.45, 2.75) is 25.4 Å². The van der Waals surface area contributed by atoms with E-state index in [4.69, 9.17) is 22.7 Å². The van der Waals surface area contributed by atoms with Gasteiger partial charge in [-0.1, -0.05) is 30.3 Å². The van der Waals surface area contributed by atoms with Gasteiger partial charge in [0.2, 0.25) is 0 Å². The highest BCUT2D eigenvalue weighted by Gasteiger charge is 2.24. The second-order valence-electron chi connectivity index (χ2n) is 6.89. The van der Waals surface area contributed by atoms with E-state index in [0.29, 0.717) is 31.9 Å². The summed E-state index contributed by atoms with van der Waals surface area (Å²) < 4.78 is 10.8. The van der Waals surface area contributed by atoms with Crippen LogP contribution in [0.4, 0.5) is 0 Å². The molecule has 0 aliphatic carbocycles. The van der Waals surface area contributed by atoms with E-state index in [1.807, 2.05) is 47.3 Å². The molecule has 2 heterocycles. The maximum atomic E-state index is 10.5. The molecular weight excluding hydrogens is 358 g/mol. The maximum absolute atomic E-state index is 10.5. The molecule has 0 radical (unpaired) electrons. The minimum absolute atomic E-state index is 0.114. The second-order valence-corrected chi connectivity index (χ2v) is 7.26. The van der Waals surface area contributed by atoms with Crippen molar-refractivity contribution in [3.05, 3.63) is 76.3 Å². The molecule has 0 spiro atoms. The average molecular weight is 382 g/mol. The molecule has 0 unspecified atom stereocenters. The molecule has 0 saturated heterocycles. The fourth-order valence-electron chi connectivity index (χ4n) is 3.60. The fraction of sp³-hybridized carbons (Fsp3) is 0.286. The largest absolute Gasteiger partial charge is 0.508 e. The Labute approximate surface area is 163 Å². The normalized spacial score (nSPS) is 16.0. The molecule has 1 aliphatic heterocycles. The Morgan fingerprint density at radius 2 is 2.00 bits per heavy atom. The van der Waals surface area contributed by atoms with Crippen LogP contribution in [0.1, 0.15) is 22.7 Å². The van der Waals surface area contributed by atoms with Gasteiger partial charge in [-0.05, 0) is 35.5 Å². The van der Waals surface area contributed by atoms with Crippen molar-refractivity contribution in [2.75, 3.05) is 13.2 Å². The molecule has 2 aromatic carbocycles. The Morgan fingerprint density at radius 1 is 1.19 bits per heavy atom. The van der Waals surface area contributed by atoms with E-state index in [1.54, 1.807) is 0 Å². The molecule has 0 amide bonds. The standard InChI is InChI=1S/C21H23N3O2S/c22-6-7-23-8-9-24(21(23)27)18-11-17-12-19(25)16(13-20(17)26-14-18)10-15-4-2-1-3-5-15/h1-5,8-9,12-13,18,25H,6-7,10-11,14,22H2/t18-/m1/s1. The molecule has 1 aliphatic rings. The predicted molar refractivity (Wildman–Crippen MR) is 108 cm³/mol. The summed E-state index contributed by atoms with van der Waals surface area (Å²) in [5.41, 5.74) is 8.69. The average Bonchev–Trinajstić information content (AvgIpc) is 3.04. The molecule has 1 aromatic heterocycles. The molecule has 3 N–H and O–H groups in total. The first-order chi connectivity index (χ1) is 13.2. The van der Waals surface area contributed by atoms with Crippen LogP contribution in [-0.2, 0) is 19.4 Å². The monoisotopic (exact) mass is 381 g/mol. The SMILES string of the molecule is NCCn1ccn([C@H]2COc3cc(Cc4ccccc4)c(O)cc3C2)c1=S. The first-order valence-electron chi connectivity index (χ1n) is 9.14. The molecule has 140 valence electrons. The Kier molecular flexibility index (Phi) is 5.01. The lowest BCUT2D eigenvalue weighted by atomic mass is 9.97. The van der Waals surface area contributed by atoms with Crippen molar-refractivity contribution < 1.29 is 9.84 Å². The lowest BCUT2D eigenvalue weighted by molar-refractivity contribution is 0.221. The van der Waals surface area contributed by atoms with Crippen molar-refractivity contribution in [1.29, 1.82) is 0 Å². The first-order valence-corrected chi connectivity index (χ1v) is 9.55. The summed E-state index contributed by atoms with van der Waals surface area (Å²) in [5.74, 6) is 1.16. The van der Waals surface area contributed by atoms with E-state index in [9.17, 15) is 5.11 Å². The summed E-state index contributed by atoms with van der Waals surface area (Å²) in [6.07, 6.45) is 5.40. The molecule has 0 saturated carbocycles. The van der Waals surface area contributed by atoms with Crippen molar-refractivity contribution in [3.8, 4) is 11.5 Å². The lowest BCUT2D eigenvalue weighted by Gasteiger charge is -2.27. The van der Waals surface area contributed by atoms with Crippen LogP contribution in [0.2, 0.25) is 0 Å². The molecule has 5 nitrogen and oxygen atoms in total. The third-order valence-electron chi connectivity index (χ3n) is 5.02. The third kappa shape index (κ3) is 3.63. The molecule has 4 rings (SSSR count). The molecular formula is C21H23N3O2S. The Bertz CT molecular complexity index is 994. The number of nitrogens with zero attached hydrogens (tertiary/aromatic N) is 2. The highest BCUT2D eigenvalue weighted by molar-refractivity contribution is 7.71. The van der Waals surface area contributed by atoms with Crippen LogP contribution >= 0.6 is 12.2 Å². The van der Waals surface area contributed by atoms with Crippen LogP contribution in [0.25, 0.3) is 0 Å². The number of imidazole rings is 1. The number of ether oxygens (including phenoxy) is 1. The van der Waals surface area contributed by atoms with Gasteiger partial charge in [0.1, 0.15) is 18.1 Å². The van der Waals surface area contributed by atoms with Gasteiger partial charge in [0.05, 0.1) is 6.04 Å². The molecule has 6 heteroatoms. The van der Waals surface area contributed by atoms with E-state index in [2.05, 4.69) is 16.7 Å². The Hall–Kier alpha value is -2.57. The van der Waals surface area contributed by atoms with Crippen LogP contribution in [0.3, 0.4) is 0 Å². The summed E-state index contributed by atoms with van der Waals surface area (Å²) in [7, 11) is 0. The number of nitrogens with two attached hydrogens (primary N) is 1. The maximum Gasteiger partial charge on any atom is 0.180 e. The van der Waals surface area contributed by atoms with Crippen LogP contribution < -0.4 is 10.5 Å². The van der Waals surface area contributed by atoms with Gasteiger partial charge in [0.25, 0.3) is 0 Å².